The van der Waals surface area contributed by atoms with Gasteiger partial charge in [-0.05, 0) is 25.1 Å². The number of benzene rings is 1. The summed E-state index contributed by atoms with van der Waals surface area (Å²) in [5.41, 5.74) is 1.94. The monoisotopic (exact) mass is 342 g/mol. The molecule has 4 nitrogen and oxygen atoms in total. The fraction of sp³-hybridized carbons (Fsp3) is 0.182. The van der Waals surface area contributed by atoms with Gasteiger partial charge in [0.25, 0.3) is 0 Å². The van der Waals surface area contributed by atoms with Gasteiger partial charge in [0.1, 0.15) is 0 Å². The van der Waals surface area contributed by atoms with Crippen LogP contribution in [0.5, 0.6) is 0 Å². The van der Waals surface area contributed by atoms with Crippen LogP contribution in [0.3, 0.4) is 0 Å². The van der Waals surface area contributed by atoms with Crippen LogP contribution < -0.4 is 0 Å². The van der Waals surface area contributed by atoms with Gasteiger partial charge >= 0.3 is 0 Å². The van der Waals surface area contributed by atoms with Crippen LogP contribution in [0.2, 0.25) is 5.02 Å². The molecule has 2 aromatic rings. The molecule has 0 aliphatic carbocycles. The zero-order valence-electron chi connectivity index (χ0n) is 9.39. The van der Waals surface area contributed by atoms with E-state index >= 15 is 0 Å². The highest BCUT2D eigenvalue weighted by atomic mass is 79.9. The molecule has 0 radical (unpaired) electrons. The molecular formula is C11H8BrClN4S. The third-order valence-electron chi connectivity index (χ3n) is 2.46. The van der Waals surface area contributed by atoms with Crippen LogP contribution in [0.15, 0.2) is 32.9 Å². The first kappa shape index (κ1) is 12.2. The molecule has 1 aromatic heterocycles. The zero-order valence-corrected chi connectivity index (χ0v) is 12.6. The van der Waals surface area contributed by atoms with Crippen molar-refractivity contribution in [3.05, 3.63) is 27.7 Å². The molecule has 92 valence electrons. The van der Waals surface area contributed by atoms with Crippen molar-refractivity contribution in [2.24, 2.45) is 5.10 Å². The number of aromatic nitrogens is 3. The van der Waals surface area contributed by atoms with E-state index < -0.39 is 0 Å². The summed E-state index contributed by atoms with van der Waals surface area (Å²) in [5, 5.41) is 14.3. The minimum absolute atomic E-state index is 0.662. The number of rotatable bonds is 1. The van der Waals surface area contributed by atoms with Crippen LogP contribution in [0.4, 0.5) is 0 Å². The zero-order chi connectivity index (χ0) is 12.7. The lowest BCUT2D eigenvalue weighted by molar-refractivity contribution is 0.761. The fourth-order valence-electron chi connectivity index (χ4n) is 1.65. The van der Waals surface area contributed by atoms with Gasteiger partial charge in [-0.3, -0.25) is 0 Å². The predicted molar refractivity (Wildman–Crippen MR) is 77.4 cm³/mol. The van der Waals surface area contributed by atoms with Crippen molar-refractivity contribution in [2.45, 2.75) is 12.1 Å². The van der Waals surface area contributed by atoms with Gasteiger partial charge in [0, 0.05) is 26.5 Å². The number of hydrogen-bond acceptors (Lipinski definition) is 4. The standard InChI is InChI=1S/C11H8BrClN4S/c1-6-5-18-11-15-14-10(17(11)16-6)8-4-7(13)2-3-9(8)12/h2-4H,5H2,1H3. The molecular weight excluding hydrogens is 336 g/mol. The molecule has 0 bridgehead atoms. The number of halogens is 2. The first-order valence-corrected chi connectivity index (χ1v) is 7.39. The van der Waals surface area contributed by atoms with E-state index in [1.54, 1.807) is 16.4 Å². The van der Waals surface area contributed by atoms with Gasteiger partial charge in [0.2, 0.25) is 5.16 Å². The average molecular weight is 344 g/mol. The Morgan fingerprint density at radius 3 is 3.06 bits per heavy atom. The number of nitrogens with zero attached hydrogens (tertiary/aromatic N) is 4. The van der Waals surface area contributed by atoms with Crippen molar-refractivity contribution in [2.75, 3.05) is 5.75 Å². The second-order valence-corrected chi connectivity index (χ2v) is 6.10. The number of hydrogen-bond donors (Lipinski definition) is 0. The van der Waals surface area contributed by atoms with Crippen molar-refractivity contribution in [3.8, 4) is 11.4 Å². The quantitative estimate of drug-likeness (QED) is 0.793. The summed E-state index contributed by atoms with van der Waals surface area (Å²) in [6, 6.07) is 5.57. The molecule has 0 saturated heterocycles. The first-order valence-electron chi connectivity index (χ1n) is 5.23. The molecule has 0 atom stereocenters. The molecule has 0 amide bonds. The Labute approximate surface area is 122 Å². The maximum absolute atomic E-state index is 6.03. The molecule has 0 fully saturated rings. The van der Waals surface area contributed by atoms with E-state index in [2.05, 4.69) is 31.2 Å². The molecule has 1 aromatic carbocycles. The van der Waals surface area contributed by atoms with Crippen molar-refractivity contribution >= 4 is 45.0 Å². The normalized spacial score (nSPS) is 14.3. The van der Waals surface area contributed by atoms with Gasteiger partial charge in [-0.1, -0.05) is 39.3 Å². The average Bonchev–Trinajstić information content (AvgIpc) is 2.75. The summed E-state index contributed by atoms with van der Waals surface area (Å²) < 4.78 is 2.69. The van der Waals surface area contributed by atoms with E-state index in [1.807, 2.05) is 25.1 Å². The highest BCUT2D eigenvalue weighted by Gasteiger charge is 2.19. The summed E-state index contributed by atoms with van der Waals surface area (Å²) in [6.07, 6.45) is 0. The fourth-order valence-corrected chi connectivity index (χ4v) is 2.99. The molecule has 1 aliphatic rings. The second-order valence-electron chi connectivity index (χ2n) is 3.87. The number of fused-ring (bicyclic) bond motifs is 1. The van der Waals surface area contributed by atoms with Gasteiger partial charge in [0.15, 0.2) is 5.82 Å². The minimum Gasteiger partial charge on any atom is -0.187 e. The summed E-state index contributed by atoms with van der Waals surface area (Å²) in [5.74, 6) is 1.56. The Hall–Kier alpha value is -0.850. The molecule has 0 spiro atoms. The molecule has 18 heavy (non-hydrogen) atoms. The number of thioether (sulfide) groups is 1. The van der Waals surface area contributed by atoms with Crippen LogP contribution >= 0.6 is 39.3 Å². The molecule has 0 unspecified atom stereocenters. The predicted octanol–water partition coefficient (Wildman–Crippen LogP) is 3.69. The lowest BCUT2D eigenvalue weighted by Gasteiger charge is -2.11. The summed E-state index contributed by atoms with van der Waals surface area (Å²) in [4.78, 5) is 0. The summed E-state index contributed by atoms with van der Waals surface area (Å²) in [6.45, 7) is 1.99. The van der Waals surface area contributed by atoms with Crippen molar-refractivity contribution < 1.29 is 0 Å². The summed E-state index contributed by atoms with van der Waals surface area (Å²) >= 11 is 11.2. The minimum atomic E-state index is 0.662. The lowest BCUT2D eigenvalue weighted by Crippen LogP contribution is -2.08. The van der Waals surface area contributed by atoms with Gasteiger partial charge in [0.05, 0.1) is 0 Å². The Morgan fingerprint density at radius 1 is 1.39 bits per heavy atom. The highest BCUT2D eigenvalue weighted by Crippen LogP contribution is 2.33. The van der Waals surface area contributed by atoms with Crippen LogP contribution in [0.1, 0.15) is 6.92 Å². The lowest BCUT2D eigenvalue weighted by atomic mass is 10.2. The molecule has 2 heterocycles. The Bertz CT molecular complexity index is 652. The first-order chi connectivity index (χ1) is 8.65. The molecule has 3 rings (SSSR count). The largest absolute Gasteiger partial charge is 0.212 e. The van der Waals surface area contributed by atoms with Crippen molar-refractivity contribution in [3.63, 3.8) is 0 Å². The van der Waals surface area contributed by atoms with Crippen LogP contribution in [-0.4, -0.2) is 26.3 Å². The maximum Gasteiger partial charge on any atom is 0.212 e. The molecule has 1 aliphatic heterocycles. The van der Waals surface area contributed by atoms with Crippen LogP contribution in [-0.2, 0) is 0 Å². The van der Waals surface area contributed by atoms with Gasteiger partial charge in [-0.15, -0.1) is 10.2 Å². The molecule has 0 N–H and O–H groups in total. The smallest absolute Gasteiger partial charge is 0.187 e. The van der Waals surface area contributed by atoms with E-state index in [4.69, 9.17) is 11.6 Å². The molecule has 7 heteroatoms. The third kappa shape index (κ3) is 2.08. The third-order valence-corrected chi connectivity index (χ3v) is 4.46. The topological polar surface area (TPSA) is 43.1 Å². The Balaban J connectivity index is 2.20. The van der Waals surface area contributed by atoms with E-state index in [0.717, 1.165) is 26.7 Å². The van der Waals surface area contributed by atoms with Gasteiger partial charge in [-0.25, -0.2) is 0 Å². The maximum atomic E-state index is 6.03. The van der Waals surface area contributed by atoms with E-state index in [1.165, 1.54) is 0 Å². The van der Waals surface area contributed by atoms with Crippen molar-refractivity contribution in [1.82, 2.24) is 14.9 Å². The van der Waals surface area contributed by atoms with Gasteiger partial charge in [-0.2, -0.15) is 9.78 Å². The van der Waals surface area contributed by atoms with E-state index in [-0.39, 0.29) is 0 Å². The second kappa shape index (κ2) is 4.68. The van der Waals surface area contributed by atoms with Crippen LogP contribution in [0.25, 0.3) is 11.4 Å². The Kier molecular flexibility index (Phi) is 3.17. The molecule has 0 saturated carbocycles. The Morgan fingerprint density at radius 2 is 2.22 bits per heavy atom. The SMILES string of the molecule is CC1=Nn2c(nnc2-c2cc(Cl)ccc2Br)SC1. The summed E-state index contributed by atoms with van der Waals surface area (Å²) in [7, 11) is 0. The van der Waals surface area contributed by atoms with Gasteiger partial charge < -0.3 is 0 Å². The van der Waals surface area contributed by atoms with E-state index in [0.29, 0.717) is 10.8 Å². The van der Waals surface area contributed by atoms with E-state index in [9.17, 15) is 0 Å². The van der Waals surface area contributed by atoms with Crippen molar-refractivity contribution in [1.29, 1.82) is 0 Å². The highest BCUT2D eigenvalue weighted by molar-refractivity contribution is 9.10. The van der Waals surface area contributed by atoms with Crippen LogP contribution in [0, 0.1) is 0 Å².